The van der Waals surface area contributed by atoms with Crippen LogP contribution in [0.3, 0.4) is 0 Å². The van der Waals surface area contributed by atoms with Crippen molar-refractivity contribution in [2.75, 3.05) is 11.9 Å². The average Bonchev–Trinajstić information content (AvgIpc) is 3.58. The van der Waals surface area contributed by atoms with Gasteiger partial charge in [0.2, 0.25) is 0 Å². The predicted molar refractivity (Wildman–Crippen MR) is 149 cm³/mol. The topological polar surface area (TPSA) is 143 Å². The third kappa shape index (κ3) is 6.73. The van der Waals surface area contributed by atoms with Gasteiger partial charge in [0, 0.05) is 42.1 Å². The second-order valence-corrected chi connectivity index (χ2v) is 9.91. The first-order valence-corrected chi connectivity index (χ1v) is 13.4. The maximum atomic E-state index is 13.3. The Hall–Kier alpha value is -4.26. The quantitative estimate of drug-likeness (QED) is 0.236. The highest BCUT2D eigenvalue weighted by atomic mass is 19.4. The average molecular weight is 571 g/mol. The van der Waals surface area contributed by atoms with Gasteiger partial charge in [-0.25, -0.2) is 9.97 Å². The van der Waals surface area contributed by atoms with Crippen LogP contribution in [0.25, 0.3) is 16.9 Å². The first kappa shape index (κ1) is 29.7. The highest BCUT2D eigenvalue weighted by molar-refractivity contribution is 5.96. The summed E-state index contributed by atoms with van der Waals surface area (Å²) in [6.07, 6.45) is 4.22. The zero-order valence-electron chi connectivity index (χ0n) is 23.0. The zero-order chi connectivity index (χ0) is 29.7. The number of rotatable bonds is 8. The summed E-state index contributed by atoms with van der Waals surface area (Å²) in [5.74, 6) is 0.835. The van der Waals surface area contributed by atoms with E-state index in [0.29, 0.717) is 53.4 Å². The Kier molecular flexibility index (Phi) is 9.06. The number of carbonyl (C=O) groups excluding carboxylic acids is 2. The van der Waals surface area contributed by atoms with E-state index in [1.54, 1.807) is 19.1 Å². The largest absolute Gasteiger partial charge is 0.433 e. The minimum atomic E-state index is -4.58. The van der Waals surface area contributed by atoms with Crippen LogP contribution in [0.15, 0.2) is 43.0 Å². The van der Waals surface area contributed by atoms with Crippen LogP contribution >= 0.6 is 0 Å². The molecule has 0 spiro atoms. The number of benzene rings is 1. The number of halogens is 3. The van der Waals surface area contributed by atoms with E-state index in [0.717, 1.165) is 31.0 Å². The fourth-order valence-corrected chi connectivity index (χ4v) is 4.55. The number of fused-ring (bicyclic) bond motifs is 1. The molecule has 3 aromatic heterocycles. The van der Waals surface area contributed by atoms with Crippen LogP contribution < -0.4 is 16.4 Å². The number of hydrogen-bond acceptors (Lipinski definition) is 7. The number of carbonyl (C=O) groups is 2. The van der Waals surface area contributed by atoms with Gasteiger partial charge in [-0.2, -0.15) is 18.3 Å². The van der Waals surface area contributed by atoms with Crippen molar-refractivity contribution >= 4 is 28.8 Å². The summed E-state index contributed by atoms with van der Waals surface area (Å²) < 4.78 is 41.5. The molecule has 1 fully saturated rings. The molecule has 1 saturated carbocycles. The number of hydrogen-bond donors (Lipinski definition) is 4. The summed E-state index contributed by atoms with van der Waals surface area (Å²) in [5.41, 5.74) is 7.13. The first-order valence-electron chi connectivity index (χ1n) is 13.4. The summed E-state index contributed by atoms with van der Waals surface area (Å²) in [6, 6.07) is 5.66. The van der Waals surface area contributed by atoms with Crippen molar-refractivity contribution in [2.45, 2.75) is 58.7 Å². The van der Waals surface area contributed by atoms with Gasteiger partial charge in [-0.05, 0) is 56.4 Å². The molecule has 0 aliphatic heterocycles. The van der Waals surface area contributed by atoms with Crippen LogP contribution in [0, 0.1) is 5.92 Å². The van der Waals surface area contributed by atoms with Crippen LogP contribution in [0.2, 0.25) is 0 Å². The number of H-pyrrole nitrogens is 1. The molecule has 0 radical (unpaired) electrons. The first-order chi connectivity index (χ1) is 19.5. The van der Waals surface area contributed by atoms with Crippen molar-refractivity contribution in [1.29, 1.82) is 0 Å². The van der Waals surface area contributed by atoms with E-state index >= 15 is 0 Å². The molecule has 1 aliphatic rings. The van der Waals surface area contributed by atoms with Crippen molar-refractivity contribution in [1.82, 2.24) is 29.9 Å². The van der Waals surface area contributed by atoms with Gasteiger partial charge >= 0.3 is 6.18 Å². The molecule has 41 heavy (non-hydrogen) atoms. The number of aryl methyl sites for hydroxylation is 1. The number of nitrogens with zero attached hydrogens (tertiary/aromatic N) is 4. The lowest BCUT2D eigenvalue weighted by Gasteiger charge is -2.29. The Bertz CT molecular complexity index is 1520. The van der Waals surface area contributed by atoms with Crippen LogP contribution in [-0.4, -0.2) is 48.8 Å². The maximum Gasteiger partial charge on any atom is 0.433 e. The Balaban J connectivity index is 0.000000417. The van der Waals surface area contributed by atoms with E-state index in [2.05, 4.69) is 25.7 Å². The number of amides is 1. The van der Waals surface area contributed by atoms with Gasteiger partial charge in [0.25, 0.3) is 5.91 Å². The molecular weight excluding hydrogens is 537 g/mol. The summed E-state index contributed by atoms with van der Waals surface area (Å²) in [7, 11) is 0. The van der Waals surface area contributed by atoms with E-state index < -0.39 is 11.9 Å². The number of nitrogens with one attached hydrogen (secondary N) is 3. The minimum absolute atomic E-state index is 0.108. The lowest BCUT2D eigenvalue weighted by molar-refractivity contribution is -0.140. The van der Waals surface area contributed by atoms with Crippen LogP contribution in [0.4, 0.5) is 24.7 Å². The molecule has 3 heterocycles. The summed E-state index contributed by atoms with van der Waals surface area (Å²) in [6.45, 7) is 6.18. The molecule has 1 amide bonds. The number of Topliss-reactive ketones (excluding diaryl/α,β-unsaturated/α-hetero) is 1. The summed E-state index contributed by atoms with van der Waals surface area (Å²) in [5, 5.41) is 11.6. The number of ketones is 1. The fraction of sp³-hybridized carbons (Fsp3) is 0.393. The van der Waals surface area contributed by atoms with Gasteiger partial charge < -0.3 is 16.4 Å². The van der Waals surface area contributed by atoms with Crippen LogP contribution in [-0.2, 0) is 17.4 Å². The number of aromatic nitrogens is 5. The maximum absolute atomic E-state index is 13.3. The molecule has 1 aromatic carbocycles. The van der Waals surface area contributed by atoms with E-state index in [9.17, 15) is 22.8 Å². The van der Waals surface area contributed by atoms with Crippen LogP contribution in [0.1, 0.15) is 61.6 Å². The van der Waals surface area contributed by atoms with E-state index in [1.165, 1.54) is 23.0 Å². The second-order valence-electron chi connectivity index (χ2n) is 9.91. The van der Waals surface area contributed by atoms with Crippen molar-refractivity contribution in [3.8, 4) is 11.3 Å². The Morgan fingerprint density at radius 1 is 1.17 bits per heavy atom. The number of imidazole rings is 1. The highest BCUT2D eigenvalue weighted by Gasteiger charge is 2.36. The van der Waals surface area contributed by atoms with Gasteiger partial charge in [-0.1, -0.05) is 13.8 Å². The number of alkyl halides is 3. The van der Waals surface area contributed by atoms with E-state index in [4.69, 9.17) is 5.73 Å². The van der Waals surface area contributed by atoms with Crippen molar-refractivity contribution in [3.05, 3.63) is 59.8 Å². The van der Waals surface area contributed by atoms with Gasteiger partial charge in [0.15, 0.2) is 11.5 Å². The predicted octanol–water partition coefficient (Wildman–Crippen LogP) is 4.90. The molecule has 5 N–H and O–H groups in total. The van der Waals surface area contributed by atoms with Gasteiger partial charge in [0.1, 0.15) is 11.5 Å². The van der Waals surface area contributed by atoms with Crippen LogP contribution in [0.5, 0.6) is 0 Å². The van der Waals surface area contributed by atoms with Gasteiger partial charge in [-0.15, -0.1) is 0 Å². The van der Waals surface area contributed by atoms with Gasteiger partial charge in [0.05, 0.1) is 23.7 Å². The molecule has 5 rings (SSSR count). The lowest BCUT2D eigenvalue weighted by atomic mass is 9.79. The molecule has 10 nitrogen and oxygen atoms in total. The second kappa shape index (κ2) is 12.5. The molecule has 13 heteroatoms. The third-order valence-corrected chi connectivity index (χ3v) is 6.91. The number of anilines is 2. The van der Waals surface area contributed by atoms with E-state index in [-0.39, 0.29) is 17.2 Å². The minimum Gasteiger partial charge on any atom is -0.352 e. The summed E-state index contributed by atoms with van der Waals surface area (Å²) >= 11 is 0. The van der Waals surface area contributed by atoms with Gasteiger partial charge in [-0.3, -0.25) is 19.1 Å². The summed E-state index contributed by atoms with van der Waals surface area (Å²) in [4.78, 5) is 31.5. The monoisotopic (exact) mass is 570 g/mol. The number of nitrogens with two attached hydrogens (primary N) is 1. The molecule has 0 saturated heterocycles. The smallest absolute Gasteiger partial charge is 0.352 e. The standard InChI is InChI=1S/C22H22F3N7O.C6H11NO/c1-3-7-27-21(33)15-6-5-14(10-13(15)4-2)30-19-20-28-12-17(32(20)9-8-26-19)16-11-29-31-18(16)22(23,24)25;1-4(8)5-2-6(7)3-5/h5-6,8-12H,3-4,7H2,1-2H3,(H,26,30)(H,27,33)(H,29,31);5-6H,2-3,7H2,1H3. The van der Waals surface area contributed by atoms with Crippen molar-refractivity contribution in [2.24, 2.45) is 11.7 Å². The Labute approximate surface area is 235 Å². The SMILES string of the molecule is CC(=O)C1CC(N)C1.CCCNC(=O)c1ccc(Nc2nccn3c(-c4cn[nH]c4C(F)(F)F)cnc23)cc1CC. The normalized spacial score (nSPS) is 16.5. The molecule has 0 unspecified atom stereocenters. The highest BCUT2D eigenvalue weighted by Crippen LogP contribution is 2.36. The van der Waals surface area contributed by atoms with Crippen molar-refractivity contribution in [3.63, 3.8) is 0 Å². The third-order valence-electron chi connectivity index (χ3n) is 6.91. The molecular formula is C28H33F3N8O2. The van der Waals surface area contributed by atoms with E-state index in [1.807, 2.05) is 25.0 Å². The number of aromatic amines is 1. The fourth-order valence-electron chi connectivity index (χ4n) is 4.55. The molecule has 1 aliphatic carbocycles. The Morgan fingerprint density at radius 2 is 1.93 bits per heavy atom. The molecule has 0 atom stereocenters. The molecule has 218 valence electrons. The Morgan fingerprint density at radius 3 is 2.54 bits per heavy atom. The molecule has 4 aromatic rings. The van der Waals surface area contributed by atoms with Crippen molar-refractivity contribution < 1.29 is 22.8 Å². The molecule has 0 bridgehead atoms. The lowest BCUT2D eigenvalue weighted by Crippen LogP contribution is -2.39. The zero-order valence-corrected chi connectivity index (χ0v) is 23.0.